The Labute approximate surface area is 129 Å². The predicted octanol–water partition coefficient (Wildman–Crippen LogP) is 1.15. The van der Waals surface area contributed by atoms with E-state index in [2.05, 4.69) is 11.4 Å². The smallest absolute Gasteiger partial charge is 0.377 e. The molecule has 0 radical (unpaired) electrons. The van der Waals surface area contributed by atoms with Gasteiger partial charge in [0.25, 0.3) is 5.91 Å². The Morgan fingerprint density at radius 2 is 2.09 bits per heavy atom. The van der Waals surface area contributed by atoms with Crippen LogP contribution in [0, 0.1) is 11.3 Å². The quantitative estimate of drug-likeness (QED) is 0.782. The van der Waals surface area contributed by atoms with Gasteiger partial charge in [0, 0.05) is 0 Å². The molecule has 7 nitrogen and oxygen atoms in total. The van der Waals surface area contributed by atoms with E-state index in [4.69, 9.17) is 14.2 Å². The minimum absolute atomic E-state index is 0.0569. The summed E-state index contributed by atoms with van der Waals surface area (Å²) in [6.45, 7) is 2.10. The highest BCUT2D eigenvalue weighted by molar-refractivity contribution is 5.90. The second kappa shape index (κ2) is 7.16. The molecule has 1 saturated carbocycles. The highest BCUT2D eigenvalue weighted by Gasteiger charge is 2.35. The van der Waals surface area contributed by atoms with Crippen LogP contribution in [0.15, 0.2) is 12.0 Å². The third-order valence-corrected chi connectivity index (χ3v) is 3.79. The first kappa shape index (κ1) is 16.1. The summed E-state index contributed by atoms with van der Waals surface area (Å²) < 4.78 is 15.1. The SMILES string of the molecule is C[C@@H](OC(=O)C1=COCCO1)C(=O)NC1(C#N)CCCCC1. The van der Waals surface area contributed by atoms with Crippen LogP contribution in [-0.4, -0.2) is 36.7 Å². The average molecular weight is 308 g/mol. The van der Waals surface area contributed by atoms with Crippen molar-refractivity contribution in [1.82, 2.24) is 5.32 Å². The minimum Gasteiger partial charge on any atom is -0.493 e. The first-order valence-corrected chi connectivity index (χ1v) is 7.45. The summed E-state index contributed by atoms with van der Waals surface area (Å²) in [5.41, 5.74) is -0.848. The number of carbonyl (C=O) groups is 2. The number of nitrogens with zero attached hydrogens (tertiary/aromatic N) is 1. The van der Waals surface area contributed by atoms with Crippen LogP contribution in [0.2, 0.25) is 0 Å². The molecule has 1 atom stereocenters. The highest BCUT2D eigenvalue weighted by Crippen LogP contribution is 2.27. The Balaban J connectivity index is 1.90. The Bertz CT molecular complexity index is 503. The van der Waals surface area contributed by atoms with Gasteiger partial charge in [-0.05, 0) is 19.8 Å². The Morgan fingerprint density at radius 1 is 1.36 bits per heavy atom. The first-order valence-electron chi connectivity index (χ1n) is 7.45. The molecule has 0 bridgehead atoms. The van der Waals surface area contributed by atoms with E-state index in [-0.39, 0.29) is 12.4 Å². The number of ether oxygens (including phenoxy) is 3. The van der Waals surface area contributed by atoms with Gasteiger partial charge < -0.3 is 19.5 Å². The van der Waals surface area contributed by atoms with Crippen LogP contribution >= 0.6 is 0 Å². The Kier molecular flexibility index (Phi) is 5.26. The van der Waals surface area contributed by atoms with Gasteiger partial charge in [-0.2, -0.15) is 5.26 Å². The van der Waals surface area contributed by atoms with Crippen LogP contribution in [0.1, 0.15) is 39.0 Å². The van der Waals surface area contributed by atoms with Crippen LogP contribution in [-0.2, 0) is 23.8 Å². The zero-order valence-corrected chi connectivity index (χ0v) is 12.6. The molecule has 0 saturated heterocycles. The number of hydrogen-bond acceptors (Lipinski definition) is 6. The molecule has 2 rings (SSSR count). The van der Waals surface area contributed by atoms with Crippen LogP contribution in [0.4, 0.5) is 0 Å². The molecule has 1 amide bonds. The molecule has 0 spiro atoms. The van der Waals surface area contributed by atoms with Gasteiger partial charge in [-0.1, -0.05) is 19.3 Å². The van der Waals surface area contributed by atoms with E-state index in [1.807, 2.05) is 0 Å². The van der Waals surface area contributed by atoms with Gasteiger partial charge >= 0.3 is 5.97 Å². The molecule has 1 fully saturated rings. The van der Waals surface area contributed by atoms with Crippen LogP contribution in [0.5, 0.6) is 0 Å². The summed E-state index contributed by atoms with van der Waals surface area (Å²) in [5, 5.41) is 12.1. The van der Waals surface area contributed by atoms with Crippen molar-refractivity contribution in [3.63, 3.8) is 0 Å². The summed E-state index contributed by atoms with van der Waals surface area (Å²) in [6, 6.07) is 2.19. The van der Waals surface area contributed by atoms with Crippen molar-refractivity contribution >= 4 is 11.9 Å². The lowest BCUT2D eigenvalue weighted by molar-refractivity contribution is -0.156. The molecule has 0 aromatic carbocycles. The maximum Gasteiger partial charge on any atom is 0.377 e. The molecule has 2 aliphatic rings. The van der Waals surface area contributed by atoms with Gasteiger partial charge in [0.05, 0.1) is 6.07 Å². The van der Waals surface area contributed by atoms with Crippen LogP contribution < -0.4 is 5.32 Å². The van der Waals surface area contributed by atoms with Gasteiger partial charge in [0.2, 0.25) is 5.76 Å². The van der Waals surface area contributed by atoms with Crippen LogP contribution in [0.3, 0.4) is 0 Å². The fourth-order valence-electron chi connectivity index (χ4n) is 2.51. The van der Waals surface area contributed by atoms with Crippen molar-refractivity contribution in [2.75, 3.05) is 13.2 Å². The van der Waals surface area contributed by atoms with E-state index >= 15 is 0 Å². The van der Waals surface area contributed by atoms with Gasteiger partial charge in [-0.25, -0.2) is 4.79 Å². The maximum absolute atomic E-state index is 12.2. The average Bonchev–Trinajstić information content (AvgIpc) is 2.56. The largest absolute Gasteiger partial charge is 0.493 e. The molecule has 1 aliphatic carbocycles. The number of rotatable bonds is 4. The molecule has 1 N–H and O–H groups in total. The van der Waals surface area contributed by atoms with Gasteiger partial charge in [-0.15, -0.1) is 0 Å². The Morgan fingerprint density at radius 3 is 2.68 bits per heavy atom. The van der Waals surface area contributed by atoms with Gasteiger partial charge in [0.15, 0.2) is 6.10 Å². The van der Waals surface area contributed by atoms with E-state index < -0.39 is 23.5 Å². The fraction of sp³-hybridized carbons (Fsp3) is 0.667. The molecular formula is C15H20N2O5. The molecule has 120 valence electrons. The van der Waals surface area contributed by atoms with E-state index in [0.29, 0.717) is 19.4 Å². The summed E-state index contributed by atoms with van der Waals surface area (Å²) >= 11 is 0. The van der Waals surface area contributed by atoms with E-state index in [1.54, 1.807) is 0 Å². The third-order valence-electron chi connectivity index (χ3n) is 3.79. The molecule has 1 heterocycles. The van der Waals surface area contributed by atoms with Crippen molar-refractivity contribution in [2.24, 2.45) is 0 Å². The summed E-state index contributed by atoms with van der Waals surface area (Å²) in [4.78, 5) is 24.0. The zero-order valence-electron chi connectivity index (χ0n) is 12.6. The Hall–Kier alpha value is -2.23. The van der Waals surface area contributed by atoms with Crippen molar-refractivity contribution in [1.29, 1.82) is 5.26 Å². The van der Waals surface area contributed by atoms with Crippen molar-refractivity contribution in [3.8, 4) is 6.07 Å². The second-order valence-corrected chi connectivity index (χ2v) is 5.49. The molecule has 0 unspecified atom stereocenters. The number of carbonyl (C=O) groups excluding carboxylic acids is 2. The predicted molar refractivity (Wildman–Crippen MR) is 75.1 cm³/mol. The molecule has 22 heavy (non-hydrogen) atoms. The normalized spacial score (nSPS) is 21.2. The van der Waals surface area contributed by atoms with Gasteiger partial charge in [0.1, 0.15) is 25.0 Å². The molecule has 1 aliphatic heterocycles. The molecule has 0 aromatic heterocycles. The monoisotopic (exact) mass is 308 g/mol. The van der Waals surface area contributed by atoms with Gasteiger partial charge in [-0.3, -0.25) is 4.79 Å². The highest BCUT2D eigenvalue weighted by atomic mass is 16.6. The second-order valence-electron chi connectivity index (χ2n) is 5.49. The summed E-state index contributed by atoms with van der Waals surface area (Å²) in [5.74, 6) is -1.29. The van der Waals surface area contributed by atoms with Crippen molar-refractivity contribution < 1.29 is 23.8 Å². The third kappa shape index (κ3) is 3.91. The number of esters is 1. The standard InChI is InChI=1S/C15H20N2O5/c1-11(22-14(19)12-9-20-7-8-21-12)13(18)17-15(10-16)5-3-2-4-6-15/h9,11H,2-8H2,1H3,(H,17,18)/t11-/m1/s1. The lowest BCUT2D eigenvalue weighted by atomic mass is 9.83. The van der Waals surface area contributed by atoms with Crippen molar-refractivity contribution in [3.05, 3.63) is 12.0 Å². The molecule has 0 aromatic rings. The minimum atomic E-state index is -1.01. The molecule has 7 heteroatoms. The molecular weight excluding hydrogens is 288 g/mol. The van der Waals surface area contributed by atoms with E-state index in [1.165, 1.54) is 13.2 Å². The summed E-state index contributed by atoms with van der Waals surface area (Å²) in [7, 11) is 0. The first-order chi connectivity index (χ1) is 10.6. The topological polar surface area (TPSA) is 97.7 Å². The van der Waals surface area contributed by atoms with E-state index in [0.717, 1.165) is 19.3 Å². The summed E-state index contributed by atoms with van der Waals surface area (Å²) in [6.07, 6.45) is 4.28. The number of nitriles is 1. The van der Waals surface area contributed by atoms with Crippen molar-refractivity contribution in [2.45, 2.75) is 50.7 Å². The lowest BCUT2D eigenvalue weighted by Crippen LogP contribution is -2.52. The fourth-order valence-corrected chi connectivity index (χ4v) is 2.51. The van der Waals surface area contributed by atoms with E-state index in [9.17, 15) is 14.9 Å². The number of hydrogen-bond donors (Lipinski definition) is 1. The maximum atomic E-state index is 12.2. The number of nitrogens with one attached hydrogen (secondary N) is 1. The van der Waals surface area contributed by atoms with Crippen LogP contribution in [0.25, 0.3) is 0 Å². The zero-order chi connectivity index (χ0) is 16.0. The number of amides is 1. The lowest BCUT2D eigenvalue weighted by Gasteiger charge is -2.32.